The van der Waals surface area contributed by atoms with E-state index in [2.05, 4.69) is 57.6 Å². The number of carbonyl (C=O) groups is 1. The van der Waals surface area contributed by atoms with Crippen molar-refractivity contribution in [1.82, 2.24) is 10.2 Å². The minimum Gasteiger partial charge on any atom is -0.378 e. The molecule has 0 saturated carbocycles. The van der Waals surface area contributed by atoms with Crippen LogP contribution in [0.3, 0.4) is 0 Å². The van der Waals surface area contributed by atoms with Gasteiger partial charge in [0, 0.05) is 36.1 Å². The Kier molecular flexibility index (Phi) is 6.61. The molecule has 2 bridgehead atoms. The minimum atomic E-state index is 0. The molecule has 5 nitrogen and oxygen atoms in total. The van der Waals surface area contributed by atoms with Gasteiger partial charge in [-0.2, -0.15) is 0 Å². The lowest BCUT2D eigenvalue weighted by atomic mass is 9.84. The maximum absolute atomic E-state index is 13.0. The fraction of sp³-hybridized carbons (Fsp3) is 0.423. The first kappa shape index (κ1) is 22.7. The molecule has 1 aromatic heterocycles. The molecule has 7 heteroatoms. The largest absolute Gasteiger partial charge is 0.378 e. The van der Waals surface area contributed by atoms with Crippen molar-refractivity contribution in [3.63, 3.8) is 0 Å². The number of halogens is 1. The first-order chi connectivity index (χ1) is 15.7. The number of anilines is 1. The van der Waals surface area contributed by atoms with Crippen molar-refractivity contribution >= 4 is 45.4 Å². The highest BCUT2D eigenvalue weighted by atomic mass is 35.5. The van der Waals surface area contributed by atoms with E-state index in [0.29, 0.717) is 12.0 Å². The van der Waals surface area contributed by atoms with E-state index in [1.165, 1.54) is 47.4 Å². The molecule has 7 rings (SSSR count). The van der Waals surface area contributed by atoms with Crippen molar-refractivity contribution in [3.05, 3.63) is 53.4 Å². The summed E-state index contributed by atoms with van der Waals surface area (Å²) in [5, 5.41) is 4.47. The number of hydrogen-bond acceptors (Lipinski definition) is 5. The van der Waals surface area contributed by atoms with Crippen LogP contribution in [-0.2, 0) is 4.74 Å². The third-order valence-corrected chi connectivity index (χ3v) is 8.39. The van der Waals surface area contributed by atoms with Gasteiger partial charge >= 0.3 is 0 Å². The van der Waals surface area contributed by atoms with E-state index >= 15 is 0 Å². The van der Waals surface area contributed by atoms with E-state index in [-0.39, 0.29) is 18.3 Å². The van der Waals surface area contributed by atoms with Gasteiger partial charge in [-0.05, 0) is 72.6 Å². The molecule has 4 aliphatic rings. The summed E-state index contributed by atoms with van der Waals surface area (Å²) in [6.07, 6.45) is 2.43. The molecule has 174 valence electrons. The molecule has 2 aromatic carbocycles. The zero-order valence-electron chi connectivity index (χ0n) is 18.7. The monoisotopic (exact) mass is 483 g/mol. The van der Waals surface area contributed by atoms with Gasteiger partial charge in [0.05, 0.1) is 18.1 Å². The van der Waals surface area contributed by atoms with Crippen molar-refractivity contribution in [3.8, 4) is 11.1 Å². The molecule has 33 heavy (non-hydrogen) atoms. The van der Waals surface area contributed by atoms with Crippen LogP contribution in [-0.4, -0.2) is 62.8 Å². The van der Waals surface area contributed by atoms with E-state index in [1.807, 2.05) is 6.07 Å². The number of amides is 1. The van der Waals surface area contributed by atoms with Crippen LogP contribution in [0, 0.1) is 5.92 Å². The van der Waals surface area contributed by atoms with Crippen LogP contribution >= 0.6 is 23.7 Å². The van der Waals surface area contributed by atoms with Crippen LogP contribution in [0.15, 0.2) is 48.5 Å². The van der Waals surface area contributed by atoms with Gasteiger partial charge in [-0.15, -0.1) is 23.7 Å². The lowest BCUT2D eigenvalue weighted by Crippen LogP contribution is -2.57. The van der Waals surface area contributed by atoms with E-state index in [0.717, 1.165) is 43.1 Å². The van der Waals surface area contributed by atoms with Crippen LogP contribution in [0.2, 0.25) is 0 Å². The van der Waals surface area contributed by atoms with Crippen molar-refractivity contribution in [2.45, 2.75) is 18.9 Å². The highest BCUT2D eigenvalue weighted by Crippen LogP contribution is 2.32. The number of piperidine rings is 3. The molecule has 3 aromatic rings. The average molecular weight is 484 g/mol. The van der Waals surface area contributed by atoms with Gasteiger partial charge in [0.25, 0.3) is 5.91 Å². The summed E-state index contributed by atoms with van der Waals surface area (Å²) in [5.74, 6) is 0.728. The normalized spacial score (nSPS) is 24.5. The third kappa shape index (κ3) is 4.62. The highest BCUT2D eigenvalue weighted by molar-refractivity contribution is 7.20. The standard InChI is InChI=1S/C26H29N3O2S.ClH/c30-26(27-23-17-28-9-7-19(23)8-10-28)25-16-21-2-1-20(15-24(21)32-25)18-3-5-22(6-4-18)29-11-13-31-14-12-29;/h1-6,15-16,19,23H,7-14,17H2,(H,27,30);1H/t23-;/m0./s1. The Morgan fingerprint density at radius 2 is 1.67 bits per heavy atom. The second-order valence-corrected chi connectivity index (χ2v) is 10.3. The molecule has 0 unspecified atom stereocenters. The Morgan fingerprint density at radius 3 is 2.36 bits per heavy atom. The summed E-state index contributed by atoms with van der Waals surface area (Å²) in [7, 11) is 0. The fourth-order valence-corrected chi connectivity index (χ4v) is 6.38. The molecule has 1 atom stereocenters. The minimum absolute atomic E-state index is 0. The number of benzene rings is 2. The van der Waals surface area contributed by atoms with E-state index < -0.39 is 0 Å². The Bertz CT molecular complexity index is 1120. The Morgan fingerprint density at radius 1 is 0.939 bits per heavy atom. The summed E-state index contributed by atoms with van der Waals surface area (Å²) in [6, 6.07) is 17.7. The molecular formula is C26H30ClN3O2S. The quantitative estimate of drug-likeness (QED) is 0.586. The number of rotatable bonds is 4. The number of nitrogens with one attached hydrogen (secondary N) is 1. The maximum atomic E-state index is 13.0. The molecule has 1 amide bonds. The lowest BCUT2D eigenvalue weighted by Gasteiger charge is -2.44. The van der Waals surface area contributed by atoms with E-state index in [9.17, 15) is 4.79 Å². The van der Waals surface area contributed by atoms with Crippen LogP contribution in [0.1, 0.15) is 22.5 Å². The number of fused-ring (bicyclic) bond motifs is 4. The molecule has 4 fully saturated rings. The number of morpholine rings is 1. The number of carbonyl (C=O) groups excluding carboxylic acids is 1. The number of hydrogen-bond donors (Lipinski definition) is 1. The number of nitrogens with zero attached hydrogens (tertiary/aromatic N) is 2. The molecular weight excluding hydrogens is 454 g/mol. The molecule has 5 heterocycles. The summed E-state index contributed by atoms with van der Waals surface area (Å²) in [6.45, 7) is 6.88. The Hall–Kier alpha value is -2.12. The summed E-state index contributed by atoms with van der Waals surface area (Å²) in [4.78, 5) is 18.6. The van der Waals surface area contributed by atoms with Gasteiger partial charge in [0.1, 0.15) is 0 Å². The van der Waals surface area contributed by atoms with Crippen molar-refractivity contribution in [1.29, 1.82) is 0 Å². The summed E-state index contributed by atoms with van der Waals surface area (Å²) < 4.78 is 6.62. The number of ether oxygens (including phenoxy) is 1. The number of thiophene rings is 1. The van der Waals surface area contributed by atoms with Gasteiger partial charge < -0.3 is 19.9 Å². The first-order valence-electron chi connectivity index (χ1n) is 11.7. The molecule has 4 saturated heterocycles. The van der Waals surface area contributed by atoms with Crippen LogP contribution in [0.5, 0.6) is 0 Å². The van der Waals surface area contributed by atoms with Crippen LogP contribution in [0.25, 0.3) is 21.2 Å². The molecule has 0 aliphatic carbocycles. The highest BCUT2D eigenvalue weighted by Gasteiger charge is 2.35. The molecule has 0 spiro atoms. The van der Waals surface area contributed by atoms with Crippen molar-refractivity contribution in [2.75, 3.05) is 50.8 Å². The first-order valence-corrected chi connectivity index (χ1v) is 12.5. The third-order valence-electron chi connectivity index (χ3n) is 7.29. The van der Waals surface area contributed by atoms with Crippen molar-refractivity contribution in [2.24, 2.45) is 5.92 Å². The smallest absolute Gasteiger partial charge is 0.261 e. The van der Waals surface area contributed by atoms with E-state index in [4.69, 9.17) is 4.74 Å². The Balaban J connectivity index is 0.00000228. The predicted octanol–water partition coefficient (Wildman–Crippen LogP) is 4.65. The SMILES string of the molecule is Cl.O=C(N[C@H]1CN2CCC1CC2)c1cc2ccc(-c3ccc(N4CCOCC4)cc3)cc2s1. The zero-order valence-corrected chi connectivity index (χ0v) is 20.3. The van der Waals surface area contributed by atoms with Gasteiger partial charge in [-0.3, -0.25) is 4.79 Å². The second-order valence-electron chi connectivity index (χ2n) is 9.23. The fourth-order valence-electron chi connectivity index (χ4n) is 5.38. The summed E-state index contributed by atoms with van der Waals surface area (Å²) >= 11 is 1.60. The van der Waals surface area contributed by atoms with Crippen LogP contribution < -0.4 is 10.2 Å². The second kappa shape index (κ2) is 9.63. The molecule has 0 radical (unpaired) electrons. The maximum Gasteiger partial charge on any atom is 0.261 e. The molecule has 4 aliphatic heterocycles. The van der Waals surface area contributed by atoms with Crippen LogP contribution in [0.4, 0.5) is 5.69 Å². The Labute approximate surface area is 205 Å². The van der Waals surface area contributed by atoms with E-state index in [1.54, 1.807) is 11.3 Å². The van der Waals surface area contributed by atoms with Gasteiger partial charge in [0.15, 0.2) is 0 Å². The van der Waals surface area contributed by atoms with Gasteiger partial charge in [-0.25, -0.2) is 0 Å². The van der Waals surface area contributed by atoms with Gasteiger partial charge in [0.2, 0.25) is 0 Å². The predicted molar refractivity (Wildman–Crippen MR) is 138 cm³/mol. The van der Waals surface area contributed by atoms with Gasteiger partial charge in [-0.1, -0.05) is 24.3 Å². The molecule has 1 N–H and O–H groups in total. The average Bonchev–Trinajstić information content (AvgIpc) is 3.29. The summed E-state index contributed by atoms with van der Waals surface area (Å²) in [5.41, 5.74) is 3.65. The zero-order chi connectivity index (χ0) is 21.5. The van der Waals surface area contributed by atoms with Crippen molar-refractivity contribution < 1.29 is 9.53 Å². The topological polar surface area (TPSA) is 44.8 Å². The lowest BCUT2D eigenvalue weighted by molar-refractivity contribution is 0.0622.